The normalized spacial score (nSPS) is 11.8. The van der Waals surface area contributed by atoms with Gasteiger partial charge in [0.15, 0.2) is 6.61 Å². The number of aliphatic carboxylic acids is 1. The molecule has 5 nitrogen and oxygen atoms in total. The van der Waals surface area contributed by atoms with Crippen molar-refractivity contribution < 1.29 is 19.4 Å². The van der Waals surface area contributed by atoms with Crippen LogP contribution in [0.3, 0.4) is 0 Å². The number of benzene rings is 1. The van der Waals surface area contributed by atoms with E-state index in [4.69, 9.17) is 21.4 Å². The second-order valence-corrected chi connectivity index (χ2v) is 5.26. The fraction of sp³-hybridized carbons (Fsp3) is 0.467. The number of hydrogen-bond acceptors (Lipinski definition) is 3. The van der Waals surface area contributed by atoms with E-state index in [1.807, 2.05) is 13.8 Å². The van der Waals surface area contributed by atoms with Crippen LogP contribution in [0.25, 0.3) is 0 Å². The average Bonchev–Trinajstić information content (AvgIpc) is 2.42. The van der Waals surface area contributed by atoms with Crippen molar-refractivity contribution in [3.05, 3.63) is 28.8 Å². The fourth-order valence-corrected chi connectivity index (χ4v) is 2.09. The van der Waals surface area contributed by atoms with Gasteiger partial charge < -0.3 is 15.2 Å². The molecule has 0 aromatic heterocycles. The van der Waals surface area contributed by atoms with Gasteiger partial charge in [-0.05, 0) is 37.1 Å². The second-order valence-electron chi connectivity index (χ2n) is 4.83. The first-order valence-electron chi connectivity index (χ1n) is 6.82. The zero-order chi connectivity index (χ0) is 15.8. The van der Waals surface area contributed by atoms with Gasteiger partial charge in [-0.25, -0.2) is 0 Å². The predicted molar refractivity (Wildman–Crippen MR) is 80.7 cm³/mol. The van der Waals surface area contributed by atoms with Crippen LogP contribution in [-0.2, 0) is 9.59 Å². The van der Waals surface area contributed by atoms with Gasteiger partial charge in [-0.3, -0.25) is 9.59 Å². The summed E-state index contributed by atoms with van der Waals surface area (Å²) >= 11 is 5.83. The van der Waals surface area contributed by atoms with E-state index in [0.717, 1.165) is 12.0 Å². The van der Waals surface area contributed by atoms with Crippen LogP contribution < -0.4 is 10.1 Å². The molecule has 0 aliphatic carbocycles. The molecule has 0 saturated heterocycles. The predicted octanol–water partition coefficient (Wildman–Crippen LogP) is 2.64. The first-order chi connectivity index (χ1) is 9.93. The Morgan fingerprint density at radius 2 is 2.14 bits per heavy atom. The van der Waals surface area contributed by atoms with E-state index in [0.29, 0.717) is 17.2 Å². The molecular weight excluding hydrogens is 294 g/mol. The fourth-order valence-electron chi connectivity index (χ4n) is 1.87. The van der Waals surface area contributed by atoms with Crippen molar-refractivity contribution in [3.63, 3.8) is 0 Å². The van der Waals surface area contributed by atoms with E-state index in [1.54, 1.807) is 18.2 Å². The molecule has 1 aromatic rings. The molecule has 1 unspecified atom stereocenters. The lowest BCUT2D eigenvalue weighted by Crippen LogP contribution is -2.35. The zero-order valence-corrected chi connectivity index (χ0v) is 12.9. The number of amides is 1. The van der Waals surface area contributed by atoms with Crippen LogP contribution in [0.15, 0.2) is 18.2 Å². The first-order valence-corrected chi connectivity index (χ1v) is 7.20. The Balaban J connectivity index is 2.41. The number of ether oxygens (including phenoxy) is 1. The summed E-state index contributed by atoms with van der Waals surface area (Å²) in [6.45, 7) is 3.71. The summed E-state index contributed by atoms with van der Waals surface area (Å²) in [5.74, 6) is -1.22. The number of carbonyl (C=O) groups is 2. The molecule has 0 fully saturated rings. The lowest BCUT2D eigenvalue weighted by molar-refractivity contribution is -0.142. The van der Waals surface area contributed by atoms with Gasteiger partial charge in [0.1, 0.15) is 5.75 Å². The Hall–Kier alpha value is -1.75. The third kappa shape index (κ3) is 6.04. The number of hydrogen-bond donors (Lipinski definition) is 2. The van der Waals surface area contributed by atoms with E-state index in [9.17, 15) is 9.59 Å². The lowest BCUT2D eigenvalue weighted by Gasteiger charge is -2.13. The van der Waals surface area contributed by atoms with Crippen molar-refractivity contribution in [2.75, 3.05) is 13.2 Å². The van der Waals surface area contributed by atoms with Gasteiger partial charge in [0.2, 0.25) is 0 Å². The molecule has 0 radical (unpaired) electrons. The Kier molecular flexibility index (Phi) is 7.02. The van der Waals surface area contributed by atoms with Crippen LogP contribution in [0.4, 0.5) is 0 Å². The van der Waals surface area contributed by atoms with Gasteiger partial charge in [0, 0.05) is 11.6 Å². The summed E-state index contributed by atoms with van der Waals surface area (Å²) in [6.07, 6.45) is 1.29. The van der Waals surface area contributed by atoms with E-state index < -0.39 is 11.9 Å². The van der Waals surface area contributed by atoms with Crippen molar-refractivity contribution in [2.24, 2.45) is 5.92 Å². The first kappa shape index (κ1) is 17.3. The molecule has 1 rings (SSSR count). The average molecular weight is 314 g/mol. The number of nitrogens with one attached hydrogen (secondary N) is 1. The maximum atomic E-state index is 11.7. The minimum absolute atomic E-state index is 0.116. The van der Waals surface area contributed by atoms with Crippen molar-refractivity contribution in [2.45, 2.75) is 26.7 Å². The molecule has 0 aliphatic rings. The van der Waals surface area contributed by atoms with Crippen molar-refractivity contribution >= 4 is 23.5 Å². The summed E-state index contributed by atoms with van der Waals surface area (Å²) in [5, 5.41) is 12.2. The van der Waals surface area contributed by atoms with Gasteiger partial charge in [0.05, 0.1) is 5.92 Å². The van der Waals surface area contributed by atoms with Crippen LogP contribution in [0.1, 0.15) is 25.3 Å². The Bertz CT molecular complexity index is 504. The highest BCUT2D eigenvalue weighted by Crippen LogP contribution is 2.21. The minimum atomic E-state index is -0.897. The quantitative estimate of drug-likeness (QED) is 0.773. The van der Waals surface area contributed by atoms with Crippen molar-refractivity contribution in [1.82, 2.24) is 5.32 Å². The van der Waals surface area contributed by atoms with Crippen LogP contribution in [-0.4, -0.2) is 30.1 Å². The van der Waals surface area contributed by atoms with Gasteiger partial charge in [-0.1, -0.05) is 24.9 Å². The topological polar surface area (TPSA) is 75.6 Å². The second kappa shape index (κ2) is 8.52. The minimum Gasteiger partial charge on any atom is -0.484 e. The van der Waals surface area contributed by atoms with Crippen molar-refractivity contribution in [1.29, 1.82) is 0 Å². The highest BCUT2D eigenvalue weighted by molar-refractivity contribution is 6.30. The molecule has 0 bridgehead atoms. The summed E-state index contributed by atoms with van der Waals surface area (Å²) in [7, 11) is 0. The number of carboxylic acid groups (broad SMARTS) is 1. The molecule has 1 amide bonds. The zero-order valence-electron chi connectivity index (χ0n) is 12.2. The van der Waals surface area contributed by atoms with E-state index >= 15 is 0 Å². The maximum Gasteiger partial charge on any atom is 0.308 e. The summed E-state index contributed by atoms with van der Waals surface area (Å²) in [6, 6.07) is 5.13. The van der Waals surface area contributed by atoms with Gasteiger partial charge in [-0.15, -0.1) is 0 Å². The largest absolute Gasteiger partial charge is 0.484 e. The Morgan fingerprint density at radius 1 is 1.43 bits per heavy atom. The lowest BCUT2D eigenvalue weighted by atomic mass is 10.0. The Labute approximate surface area is 129 Å². The van der Waals surface area contributed by atoms with Gasteiger partial charge >= 0.3 is 5.97 Å². The highest BCUT2D eigenvalue weighted by atomic mass is 35.5. The standard InChI is InChI=1S/C15H20ClNO4/c1-3-4-11(15(19)20)8-17-14(18)9-21-13-6-5-12(16)7-10(13)2/h5-7,11H,3-4,8-9H2,1-2H3,(H,17,18)(H,19,20). The molecule has 0 aliphatic heterocycles. The van der Waals surface area contributed by atoms with E-state index in [-0.39, 0.29) is 19.1 Å². The van der Waals surface area contributed by atoms with E-state index in [2.05, 4.69) is 5.32 Å². The smallest absolute Gasteiger partial charge is 0.308 e. The highest BCUT2D eigenvalue weighted by Gasteiger charge is 2.17. The molecule has 116 valence electrons. The Morgan fingerprint density at radius 3 is 2.71 bits per heavy atom. The number of halogens is 1. The van der Waals surface area contributed by atoms with Crippen molar-refractivity contribution in [3.8, 4) is 5.75 Å². The molecule has 0 saturated carbocycles. The van der Waals surface area contributed by atoms with Crippen LogP contribution in [0.5, 0.6) is 5.75 Å². The monoisotopic (exact) mass is 313 g/mol. The van der Waals surface area contributed by atoms with E-state index in [1.165, 1.54) is 0 Å². The summed E-state index contributed by atoms with van der Waals surface area (Å²) < 4.78 is 5.39. The number of rotatable bonds is 8. The van der Waals surface area contributed by atoms with Crippen LogP contribution in [0.2, 0.25) is 5.02 Å². The number of aryl methyl sites for hydroxylation is 1. The maximum absolute atomic E-state index is 11.7. The number of carboxylic acids is 1. The SMILES string of the molecule is CCCC(CNC(=O)COc1ccc(Cl)cc1C)C(=O)O. The molecule has 0 heterocycles. The van der Waals surface area contributed by atoms with Crippen LogP contribution >= 0.6 is 11.6 Å². The molecule has 0 spiro atoms. The molecule has 1 aromatic carbocycles. The summed E-state index contributed by atoms with van der Waals surface area (Å²) in [4.78, 5) is 22.6. The number of carbonyl (C=O) groups excluding carboxylic acids is 1. The van der Waals surface area contributed by atoms with Gasteiger partial charge in [-0.2, -0.15) is 0 Å². The third-order valence-corrected chi connectivity index (χ3v) is 3.26. The molecule has 1 atom stereocenters. The van der Waals surface area contributed by atoms with Gasteiger partial charge in [0.25, 0.3) is 5.91 Å². The van der Waals surface area contributed by atoms with Crippen LogP contribution in [0, 0.1) is 12.8 Å². The molecule has 6 heteroatoms. The molecule has 21 heavy (non-hydrogen) atoms. The third-order valence-electron chi connectivity index (χ3n) is 3.03. The summed E-state index contributed by atoms with van der Waals surface area (Å²) in [5.41, 5.74) is 0.838. The molecular formula is C15H20ClNO4. The molecule has 2 N–H and O–H groups in total.